The molecule has 0 fully saturated rings. The van der Waals surface area contributed by atoms with Gasteiger partial charge >= 0.3 is 0 Å². The molecule has 0 aliphatic rings. The Morgan fingerprint density at radius 2 is 1.94 bits per heavy atom. The SMILES string of the molecule is CN(C)c1cccc(OCc2c(-c3nc(-c4cccc(S(N)(=O)=O)c4)no3)cnn2C)c1. The van der Waals surface area contributed by atoms with Gasteiger partial charge in [-0.05, 0) is 24.3 Å². The highest BCUT2D eigenvalue weighted by Crippen LogP contribution is 2.27. The average Bonchev–Trinajstić information content (AvgIpc) is 3.39. The van der Waals surface area contributed by atoms with Crippen LogP contribution in [-0.4, -0.2) is 42.4 Å². The van der Waals surface area contributed by atoms with Crippen LogP contribution in [0.2, 0.25) is 0 Å². The minimum Gasteiger partial charge on any atom is -0.487 e. The molecule has 0 bridgehead atoms. The third-order valence-corrected chi connectivity index (χ3v) is 5.76. The van der Waals surface area contributed by atoms with Crippen LogP contribution < -0.4 is 14.8 Å². The summed E-state index contributed by atoms with van der Waals surface area (Å²) in [7, 11) is 1.88. The van der Waals surface area contributed by atoms with E-state index >= 15 is 0 Å². The van der Waals surface area contributed by atoms with Crippen LogP contribution in [0.1, 0.15) is 5.69 Å². The van der Waals surface area contributed by atoms with Crippen molar-refractivity contribution in [2.24, 2.45) is 12.2 Å². The molecule has 4 rings (SSSR count). The van der Waals surface area contributed by atoms with Gasteiger partial charge in [0.05, 0.1) is 22.3 Å². The molecule has 11 heteroatoms. The lowest BCUT2D eigenvalue weighted by Crippen LogP contribution is -2.11. The molecule has 166 valence electrons. The van der Waals surface area contributed by atoms with E-state index in [-0.39, 0.29) is 23.2 Å². The summed E-state index contributed by atoms with van der Waals surface area (Å²) in [4.78, 5) is 6.37. The summed E-state index contributed by atoms with van der Waals surface area (Å²) >= 11 is 0. The molecule has 2 aromatic heterocycles. The first kappa shape index (κ1) is 21.5. The first-order valence-electron chi connectivity index (χ1n) is 9.61. The Morgan fingerprint density at radius 1 is 1.16 bits per heavy atom. The van der Waals surface area contributed by atoms with Crippen molar-refractivity contribution in [3.8, 4) is 28.6 Å². The second-order valence-electron chi connectivity index (χ2n) is 7.30. The Kier molecular flexibility index (Phi) is 5.68. The van der Waals surface area contributed by atoms with Crippen molar-refractivity contribution in [1.29, 1.82) is 0 Å². The molecule has 2 N–H and O–H groups in total. The number of primary sulfonamides is 1. The number of aromatic nitrogens is 4. The smallest absolute Gasteiger partial charge is 0.261 e. The summed E-state index contributed by atoms with van der Waals surface area (Å²) in [5.41, 5.74) is 2.86. The zero-order chi connectivity index (χ0) is 22.9. The fourth-order valence-electron chi connectivity index (χ4n) is 3.08. The van der Waals surface area contributed by atoms with Gasteiger partial charge in [0.1, 0.15) is 12.4 Å². The summed E-state index contributed by atoms with van der Waals surface area (Å²) in [6, 6.07) is 13.8. The van der Waals surface area contributed by atoms with E-state index in [1.54, 1.807) is 30.1 Å². The van der Waals surface area contributed by atoms with E-state index in [9.17, 15) is 8.42 Å². The molecule has 4 aromatic rings. The largest absolute Gasteiger partial charge is 0.487 e. The molecular formula is C21H22N6O4S. The molecule has 10 nitrogen and oxygen atoms in total. The molecule has 0 saturated heterocycles. The van der Waals surface area contributed by atoms with Gasteiger partial charge in [0.25, 0.3) is 5.89 Å². The van der Waals surface area contributed by atoms with E-state index in [1.165, 1.54) is 12.1 Å². The van der Waals surface area contributed by atoms with Gasteiger partial charge in [-0.25, -0.2) is 13.6 Å². The van der Waals surface area contributed by atoms with Crippen molar-refractivity contribution >= 4 is 15.7 Å². The standard InChI is InChI=1S/C21H22N6O4S/c1-26(2)15-7-5-8-16(11-15)30-13-19-18(12-23-27(19)3)21-24-20(25-31-21)14-6-4-9-17(10-14)32(22,28)29/h4-12H,13H2,1-3H3,(H2,22,28,29). The number of hydrogen-bond donors (Lipinski definition) is 1. The van der Waals surface area contributed by atoms with E-state index in [0.29, 0.717) is 11.1 Å². The number of anilines is 1. The van der Waals surface area contributed by atoms with Crippen LogP contribution in [-0.2, 0) is 23.7 Å². The monoisotopic (exact) mass is 454 g/mol. The predicted octanol–water partition coefficient (Wildman–Crippen LogP) is 2.43. The highest BCUT2D eigenvalue weighted by atomic mass is 32.2. The minimum absolute atomic E-state index is 0.0308. The van der Waals surface area contributed by atoms with Crippen LogP contribution in [0.25, 0.3) is 22.8 Å². The molecule has 2 aromatic carbocycles. The number of sulfonamides is 1. The molecular weight excluding hydrogens is 432 g/mol. The molecule has 0 aliphatic heterocycles. The van der Waals surface area contributed by atoms with Gasteiger partial charge in [-0.1, -0.05) is 23.4 Å². The van der Waals surface area contributed by atoms with Crippen molar-refractivity contribution in [3.63, 3.8) is 0 Å². The second kappa shape index (κ2) is 8.44. The van der Waals surface area contributed by atoms with E-state index in [2.05, 4.69) is 15.2 Å². The number of aryl methyl sites for hydroxylation is 1. The highest BCUT2D eigenvalue weighted by Gasteiger charge is 2.19. The summed E-state index contributed by atoms with van der Waals surface area (Å²) in [6.07, 6.45) is 1.62. The van der Waals surface area contributed by atoms with Gasteiger partial charge in [-0.3, -0.25) is 4.68 Å². The number of benzene rings is 2. The second-order valence-corrected chi connectivity index (χ2v) is 8.87. The maximum Gasteiger partial charge on any atom is 0.261 e. The van der Waals surface area contributed by atoms with Crippen molar-refractivity contribution in [3.05, 3.63) is 60.4 Å². The summed E-state index contributed by atoms with van der Waals surface area (Å²) < 4.78 is 36.3. The van der Waals surface area contributed by atoms with E-state index in [4.69, 9.17) is 14.4 Å². The molecule has 0 amide bonds. The Hall–Kier alpha value is -3.70. The maximum atomic E-state index is 11.6. The lowest BCUT2D eigenvalue weighted by atomic mass is 10.2. The van der Waals surface area contributed by atoms with Crippen LogP contribution in [0.15, 0.2) is 64.1 Å². The van der Waals surface area contributed by atoms with Crippen LogP contribution in [0, 0.1) is 0 Å². The summed E-state index contributed by atoms with van der Waals surface area (Å²) in [5, 5.41) is 13.5. The fourth-order valence-corrected chi connectivity index (χ4v) is 3.64. The van der Waals surface area contributed by atoms with Gasteiger partial charge in [-0.15, -0.1) is 0 Å². The number of nitrogens with two attached hydrogens (primary N) is 1. The van der Waals surface area contributed by atoms with Gasteiger partial charge < -0.3 is 14.2 Å². The maximum absolute atomic E-state index is 11.6. The molecule has 32 heavy (non-hydrogen) atoms. The number of hydrogen-bond acceptors (Lipinski definition) is 8. The number of ether oxygens (including phenoxy) is 1. The Balaban J connectivity index is 1.59. The average molecular weight is 455 g/mol. The third-order valence-electron chi connectivity index (χ3n) is 4.85. The van der Waals surface area contributed by atoms with Crippen molar-refractivity contribution in [2.45, 2.75) is 11.5 Å². The van der Waals surface area contributed by atoms with E-state index in [1.807, 2.05) is 43.3 Å². The van der Waals surface area contributed by atoms with Crippen LogP contribution >= 0.6 is 0 Å². The van der Waals surface area contributed by atoms with Gasteiger partial charge in [0.2, 0.25) is 15.8 Å². The minimum atomic E-state index is -3.84. The molecule has 0 unspecified atom stereocenters. The Bertz CT molecular complexity index is 1360. The highest BCUT2D eigenvalue weighted by molar-refractivity contribution is 7.89. The zero-order valence-corrected chi connectivity index (χ0v) is 18.6. The van der Waals surface area contributed by atoms with Crippen molar-refractivity contribution in [2.75, 3.05) is 19.0 Å². The quantitative estimate of drug-likeness (QED) is 0.451. The molecule has 0 saturated carbocycles. The van der Waals surface area contributed by atoms with Gasteiger partial charge in [-0.2, -0.15) is 10.1 Å². The molecule has 0 radical (unpaired) electrons. The Labute approximate surface area is 185 Å². The Morgan fingerprint density at radius 3 is 2.69 bits per heavy atom. The first-order valence-corrected chi connectivity index (χ1v) is 11.2. The van der Waals surface area contributed by atoms with Crippen LogP contribution in [0.5, 0.6) is 5.75 Å². The fraction of sp³-hybridized carbons (Fsp3) is 0.190. The molecule has 0 atom stereocenters. The summed E-state index contributed by atoms with van der Waals surface area (Å²) in [5.74, 6) is 1.20. The number of rotatable bonds is 7. The topological polar surface area (TPSA) is 129 Å². The molecule has 0 aliphatic carbocycles. The van der Waals surface area contributed by atoms with E-state index in [0.717, 1.165) is 17.1 Å². The lowest BCUT2D eigenvalue weighted by Gasteiger charge is -2.14. The summed E-state index contributed by atoms with van der Waals surface area (Å²) in [6.45, 7) is 0.237. The lowest BCUT2D eigenvalue weighted by molar-refractivity contribution is 0.295. The van der Waals surface area contributed by atoms with Crippen molar-refractivity contribution < 1.29 is 17.7 Å². The normalized spacial score (nSPS) is 11.5. The molecule has 0 spiro atoms. The van der Waals surface area contributed by atoms with E-state index < -0.39 is 10.0 Å². The first-order chi connectivity index (χ1) is 15.2. The number of nitrogens with zero attached hydrogens (tertiary/aromatic N) is 5. The molecule has 2 heterocycles. The van der Waals surface area contributed by atoms with Gasteiger partial charge in [0, 0.05) is 38.5 Å². The van der Waals surface area contributed by atoms with Crippen LogP contribution in [0.4, 0.5) is 5.69 Å². The van der Waals surface area contributed by atoms with Crippen LogP contribution in [0.3, 0.4) is 0 Å². The zero-order valence-electron chi connectivity index (χ0n) is 17.8. The van der Waals surface area contributed by atoms with Gasteiger partial charge in [0.15, 0.2) is 0 Å². The van der Waals surface area contributed by atoms with Crippen molar-refractivity contribution in [1.82, 2.24) is 19.9 Å². The third kappa shape index (κ3) is 4.48. The predicted molar refractivity (Wildman–Crippen MR) is 118 cm³/mol.